The van der Waals surface area contributed by atoms with Gasteiger partial charge in [-0.3, -0.25) is 0 Å². The van der Waals surface area contributed by atoms with Gasteiger partial charge in [0.25, 0.3) is 0 Å². The van der Waals surface area contributed by atoms with Crippen molar-refractivity contribution in [1.82, 2.24) is 0 Å². The molecule has 20 heavy (non-hydrogen) atoms. The Kier molecular flexibility index (Phi) is 5.12. The monoisotopic (exact) mass is 337 g/mol. The van der Waals surface area contributed by atoms with E-state index in [4.69, 9.17) is 27.9 Å². The van der Waals surface area contributed by atoms with Crippen LogP contribution in [0.1, 0.15) is 22.0 Å². The number of rotatable bonds is 4. The minimum absolute atomic E-state index is 0.0971. The number of alkyl halides is 3. The summed E-state index contributed by atoms with van der Waals surface area (Å²) >= 11 is 14.8. The third kappa shape index (κ3) is 3.19. The highest BCUT2D eigenvalue weighted by Gasteiger charge is 2.34. The molecule has 0 fully saturated rings. The van der Waals surface area contributed by atoms with Gasteiger partial charge >= 0.3 is 5.97 Å². The van der Waals surface area contributed by atoms with Gasteiger partial charge in [-0.05, 0) is 17.7 Å². The quantitative estimate of drug-likeness (QED) is 0.521. The highest BCUT2D eigenvalue weighted by atomic mass is 35.5. The van der Waals surface area contributed by atoms with Gasteiger partial charge in [-0.2, -0.15) is 0 Å². The Morgan fingerprint density at radius 1 is 1.45 bits per heavy atom. The number of carbonyl (C=O) groups excluding carboxylic acids is 1. The molecule has 2 atom stereocenters. The van der Waals surface area contributed by atoms with Crippen molar-refractivity contribution in [2.45, 2.75) is 17.0 Å². The highest BCUT2D eigenvalue weighted by molar-refractivity contribution is 7.75. The molecule has 0 radical (unpaired) electrons. The number of hydrogen-bond acceptors (Lipinski definition) is 5. The Bertz CT molecular complexity index is 524. The molecule has 0 amide bonds. The van der Waals surface area contributed by atoms with E-state index in [2.05, 4.69) is 22.1 Å². The minimum atomic E-state index is -0.938. The second-order valence-corrected chi connectivity index (χ2v) is 5.31. The average Bonchev–Trinajstić information content (AvgIpc) is 2.91. The van der Waals surface area contributed by atoms with Crippen LogP contribution < -0.4 is 0 Å². The molecule has 2 rings (SSSR count). The summed E-state index contributed by atoms with van der Waals surface area (Å²) < 4.78 is 22.7. The van der Waals surface area contributed by atoms with Crippen LogP contribution in [-0.4, -0.2) is 29.4 Å². The van der Waals surface area contributed by atoms with Crippen molar-refractivity contribution >= 4 is 48.0 Å². The minimum Gasteiger partial charge on any atom is -0.468 e. The zero-order valence-corrected chi connectivity index (χ0v) is 12.4. The van der Waals surface area contributed by atoms with Crippen LogP contribution in [0, 0.1) is 0 Å². The molecule has 0 saturated heterocycles. The van der Waals surface area contributed by atoms with E-state index in [-0.39, 0.29) is 5.90 Å². The Morgan fingerprint density at radius 3 is 2.60 bits per heavy atom. The summed E-state index contributed by atoms with van der Waals surface area (Å²) in [6, 6.07) is 5.62. The van der Waals surface area contributed by atoms with E-state index in [1.54, 1.807) is 12.1 Å². The van der Waals surface area contributed by atoms with Gasteiger partial charge < -0.3 is 8.92 Å². The molecule has 1 aliphatic heterocycles. The van der Waals surface area contributed by atoms with E-state index >= 15 is 0 Å². The lowest BCUT2D eigenvalue weighted by Crippen LogP contribution is -2.17. The summed E-state index contributed by atoms with van der Waals surface area (Å²) in [5.74, 6) is -0.479. The lowest BCUT2D eigenvalue weighted by molar-refractivity contribution is 0.0772. The molecule has 1 heterocycles. The zero-order valence-electron chi connectivity index (χ0n) is 10.0. The topological polar surface area (TPSA) is 47.9 Å². The number of carbonyl (C=O) groups is 1. The van der Waals surface area contributed by atoms with Crippen LogP contribution in [0.15, 0.2) is 29.3 Å². The van der Waals surface area contributed by atoms with Crippen molar-refractivity contribution < 1.29 is 18.1 Å². The van der Waals surface area contributed by atoms with Crippen molar-refractivity contribution in [3.8, 4) is 0 Å². The summed E-state index contributed by atoms with van der Waals surface area (Å²) in [5, 5.41) is 0. The van der Waals surface area contributed by atoms with Crippen LogP contribution in [0.25, 0.3) is 0 Å². The Hall–Kier alpha value is -0.980. The van der Waals surface area contributed by atoms with Gasteiger partial charge in [0.15, 0.2) is 10.9 Å². The molecule has 0 saturated carbocycles. The van der Waals surface area contributed by atoms with Crippen LogP contribution >= 0.6 is 36.1 Å². The Morgan fingerprint density at radius 2 is 2.10 bits per heavy atom. The maximum atomic E-state index is 13.0. The SMILES string of the molecule is O=C(OS)c1ccc([C@H]2OC(C(Cl)Cl)=NC2CF)cc1. The average molecular weight is 338 g/mol. The predicted molar refractivity (Wildman–Crippen MR) is 77.4 cm³/mol. The van der Waals surface area contributed by atoms with Gasteiger partial charge in [-0.1, -0.05) is 35.3 Å². The smallest absolute Gasteiger partial charge is 0.349 e. The van der Waals surface area contributed by atoms with Crippen molar-refractivity contribution in [2.24, 2.45) is 4.99 Å². The van der Waals surface area contributed by atoms with Gasteiger partial charge in [0.05, 0.1) is 5.56 Å². The number of ether oxygens (including phenoxy) is 1. The molecule has 0 aromatic heterocycles. The molecular weight excluding hydrogens is 328 g/mol. The van der Waals surface area contributed by atoms with Crippen LogP contribution in [0.4, 0.5) is 4.39 Å². The van der Waals surface area contributed by atoms with E-state index in [9.17, 15) is 9.18 Å². The molecule has 0 spiro atoms. The summed E-state index contributed by atoms with van der Waals surface area (Å²) in [5.41, 5.74) is 0.989. The van der Waals surface area contributed by atoms with E-state index in [1.807, 2.05) is 0 Å². The fourth-order valence-corrected chi connectivity index (χ4v) is 2.17. The second kappa shape index (κ2) is 6.65. The van der Waals surface area contributed by atoms with Crippen LogP contribution in [0.2, 0.25) is 0 Å². The van der Waals surface area contributed by atoms with E-state index in [1.165, 1.54) is 12.1 Å². The molecule has 1 aliphatic rings. The number of thiol groups is 1. The molecule has 0 N–H and O–H groups in total. The number of benzene rings is 1. The van der Waals surface area contributed by atoms with Crippen molar-refractivity contribution in [3.05, 3.63) is 35.4 Å². The summed E-state index contributed by atoms with van der Waals surface area (Å²) in [4.78, 5) is 14.3. The van der Waals surface area contributed by atoms with Crippen LogP contribution in [-0.2, 0) is 8.92 Å². The first kappa shape index (κ1) is 15.4. The normalized spacial score (nSPS) is 21.6. The summed E-state index contributed by atoms with van der Waals surface area (Å²) in [6.45, 7) is -0.699. The summed E-state index contributed by atoms with van der Waals surface area (Å²) in [6.07, 6.45) is -0.615. The number of halogens is 3. The fraction of sp³-hybridized carbons (Fsp3) is 0.333. The van der Waals surface area contributed by atoms with Crippen LogP contribution in [0.3, 0.4) is 0 Å². The van der Waals surface area contributed by atoms with Crippen LogP contribution in [0.5, 0.6) is 0 Å². The standard InChI is InChI=1S/C12H10Cl2FNO3S/c13-10(14)11-16-8(5-15)9(18-11)6-1-3-7(4-2-6)12(17)19-20/h1-4,8-10,20H,5H2/t8?,9-/m1/s1. The maximum Gasteiger partial charge on any atom is 0.349 e. The van der Waals surface area contributed by atoms with E-state index in [0.717, 1.165) is 0 Å². The first-order valence-electron chi connectivity index (χ1n) is 5.61. The number of aliphatic imine (C=N–C) groups is 1. The van der Waals surface area contributed by atoms with Crippen molar-refractivity contribution in [2.75, 3.05) is 6.67 Å². The third-order valence-electron chi connectivity index (χ3n) is 2.79. The van der Waals surface area contributed by atoms with Crippen molar-refractivity contribution in [3.63, 3.8) is 0 Å². The molecule has 108 valence electrons. The third-order valence-corrected chi connectivity index (χ3v) is 3.33. The van der Waals surface area contributed by atoms with Gasteiger partial charge in [0.1, 0.15) is 12.7 Å². The lowest BCUT2D eigenvalue weighted by atomic mass is 10.0. The van der Waals surface area contributed by atoms with Gasteiger partial charge in [0.2, 0.25) is 5.90 Å². The van der Waals surface area contributed by atoms with E-state index in [0.29, 0.717) is 11.1 Å². The molecule has 1 aromatic carbocycles. The first-order valence-corrected chi connectivity index (χ1v) is 6.84. The molecule has 1 unspecified atom stereocenters. The van der Waals surface area contributed by atoms with Gasteiger partial charge in [0, 0.05) is 12.9 Å². The number of hydrogen-bond donors (Lipinski definition) is 1. The molecule has 8 heteroatoms. The first-order chi connectivity index (χ1) is 9.56. The molecule has 1 aromatic rings. The molecular formula is C12H10Cl2FNO3S. The summed E-state index contributed by atoms with van der Waals surface area (Å²) in [7, 11) is 0. The fourth-order valence-electron chi connectivity index (χ4n) is 1.85. The van der Waals surface area contributed by atoms with Gasteiger partial charge in [-0.25, -0.2) is 14.2 Å². The number of nitrogens with zero attached hydrogens (tertiary/aromatic N) is 1. The highest BCUT2D eigenvalue weighted by Crippen LogP contribution is 2.32. The molecule has 0 aliphatic carbocycles. The second-order valence-electron chi connectivity index (χ2n) is 4.03. The molecule has 4 nitrogen and oxygen atoms in total. The van der Waals surface area contributed by atoms with Crippen molar-refractivity contribution in [1.29, 1.82) is 0 Å². The maximum absolute atomic E-state index is 13.0. The van der Waals surface area contributed by atoms with E-state index < -0.39 is 29.6 Å². The zero-order chi connectivity index (χ0) is 14.7. The largest absolute Gasteiger partial charge is 0.468 e. The predicted octanol–water partition coefficient (Wildman–Crippen LogP) is 3.30. The Labute approximate surface area is 130 Å². The van der Waals surface area contributed by atoms with Gasteiger partial charge in [-0.15, -0.1) is 0 Å². The lowest BCUT2D eigenvalue weighted by Gasteiger charge is -2.16. The Balaban J connectivity index is 2.18. The molecule has 0 bridgehead atoms.